The largest absolute Gasteiger partial charge is 0.479 e. The van der Waals surface area contributed by atoms with E-state index >= 15 is 0 Å². The van der Waals surface area contributed by atoms with Crippen LogP contribution in [-0.2, 0) is 9.59 Å². The highest BCUT2D eigenvalue weighted by Crippen LogP contribution is 2.67. The van der Waals surface area contributed by atoms with Crippen molar-refractivity contribution in [2.45, 2.75) is 84.7 Å². The number of hydrogen-bond donors (Lipinski definition) is 2. The van der Waals surface area contributed by atoms with E-state index < -0.39 is 12.1 Å². The second-order valence-electron chi connectivity index (χ2n) is 10.8. The third-order valence-corrected chi connectivity index (χ3v) is 9.60. The Labute approximate surface area is 168 Å². The van der Waals surface area contributed by atoms with E-state index in [2.05, 4.69) is 20.8 Å². The van der Waals surface area contributed by atoms with Crippen LogP contribution in [0.5, 0.6) is 0 Å². The zero-order chi connectivity index (χ0) is 20.3. The first-order chi connectivity index (χ1) is 13.2. The molecule has 4 aliphatic carbocycles. The molecular formula is C24H36O4. The lowest BCUT2D eigenvalue weighted by Crippen LogP contribution is -2.51. The lowest BCUT2D eigenvalue weighted by atomic mass is 9.46. The fraction of sp³-hybridized carbons (Fsp3) is 0.833. The van der Waals surface area contributed by atoms with E-state index in [4.69, 9.17) is 5.11 Å². The molecular weight excluding hydrogens is 352 g/mol. The lowest BCUT2D eigenvalue weighted by molar-refractivity contribution is -0.148. The van der Waals surface area contributed by atoms with Crippen molar-refractivity contribution in [3.8, 4) is 0 Å². The van der Waals surface area contributed by atoms with Crippen molar-refractivity contribution in [1.82, 2.24) is 0 Å². The van der Waals surface area contributed by atoms with Crippen LogP contribution in [0.15, 0.2) is 11.6 Å². The van der Waals surface area contributed by atoms with Gasteiger partial charge in [-0.15, -0.1) is 0 Å². The highest BCUT2D eigenvalue weighted by molar-refractivity contribution is 5.91. The predicted molar refractivity (Wildman–Crippen MR) is 108 cm³/mol. The minimum absolute atomic E-state index is 0.210. The number of carboxylic acid groups (broad SMARTS) is 1. The summed E-state index contributed by atoms with van der Waals surface area (Å²) in [6, 6.07) is 0. The highest BCUT2D eigenvalue weighted by atomic mass is 16.4. The number of carbonyl (C=O) groups excluding carboxylic acids is 1. The van der Waals surface area contributed by atoms with Crippen LogP contribution in [0.4, 0.5) is 0 Å². The number of hydrogen-bond acceptors (Lipinski definition) is 3. The molecule has 4 rings (SSSR count). The number of fused-ring (bicyclic) bond motifs is 5. The second-order valence-corrected chi connectivity index (χ2v) is 10.8. The van der Waals surface area contributed by atoms with Crippen LogP contribution in [0.1, 0.15) is 78.6 Å². The third-order valence-electron chi connectivity index (χ3n) is 9.60. The Balaban J connectivity index is 1.55. The maximum atomic E-state index is 12.0. The van der Waals surface area contributed by atoms with Gasteiger partial charge in [0.2, 0.25) is 0 Å². The zero-order valence-corrected chi connectivity index (χ0v) is 17.6. The number of aliphatic hydroxyl groups excluding tert-OH is 1. The summed E-state index contributed by atoms with van der Waals surface area (Å²) < 4.78 is 0. The Morgan fingerprint density at radius 1 is 1.14 bits per heavy atom. The van der Waals surface area contributed by atoms with Crippen molar-refractivity contribution in [3.05, 3.63) is 11.6 Å². The number of carboxylic acids is 1. The number of aliphatic hydroxyl groups is 1. The van der Waals surface area contributed by atoms with Gasteiger partial charge in [-0.3, -0.25) is 4.79 Å². The summed E-state index contributed by atoms with van der Waals surface area (Å²) in [4.78, 5) is 23.1. The van der Waals surface area contributed by atoms with Gasteiger partial charge in [0.15, 0.2) is 11.9 Å². The first kappa shape index (κ1) is 20.1. The van der Waals surface area contributed by atoms with Crippen LogP contribution >= 0.6 is 0 Å². The molecule has 8 atom stereocenters. The average molecular weight is 389 g/mol. The van der Waals surface area contributed by atoms with Gasteiger partial charge in [-0.25, -0.2) is 4.79 Å². The Bertz CT molecular complexity index is 697. The SMILES string of the molecule is CC(CC(O)C(=O)O)C1CCC2C3CCC4=CC(=O)CCC4(C)C3CCC12C. The molecule has 0 radical (unpaired) electrons. The number of carbonyl (C=O) groups is 2. The molecule has 0 aliphatic heterocycles. The lowest BCUT2D eigenvalue weighted by Gasteiger charge is -2.58. The van der Waals surface area contributed by atoms with E-state index in [1.165, 1.54) is 31.3 Å². The van der Waals surface area contributed by atoms with E-state index in [1.807, 2.05) is 6.08 Å². The van der Waals surface area contributed by atoms with Gasteiger partial charge in [0.25, 0.3) is 0 Å². The molecule has 0 aromatic carbocycles. The summed E-state index contributed by atoms with van der Waals surface area (Å²) in [5, 5.41) is 19.0. The van der Waals surface area contributed by atoms with Gasteiger partial charge >= 0.3 is 5.97 Å². The second kappa shape index (κ2) is 6.97. The first-order valence-corrected chi connectivity index (χ1v) is 11.3. The van der Waals surface area contributed by atoms with E-state index in [9.17, 15) is 14.7 Å². The van der Waals surface area contributed by atoms with Crippen LogP contribution in [0, 0.1) is 40.4 Å². The monoisotopic (exact) mass is 388 g/mol. The normalized spacial score (nSPS) is 44.7. The number of allylic oxidation sites excluding steroid dienone is 1. The summed E-state index contributed by atoms with van der Waals surface area (Å²) in [6.07, 6.45) is 9.94. The maximum absolute atomic E-state index is 12.0. The van der Waals surface area contributed by atoms with Crippen molar-refractivity contribution in [1.29, 1.82) is 0 Å². The molecule has 0 aromatic rings. The Kier molecular flexibility index (Phi) is 5.01. The highest BCUT2D eigenvalue weighted by Gasteiger charge is 2.59. The molecule has 3 saturated carbocycles. The topological polar surface area (TPSA) is 74.6 Å². The standard InChI is InChI=1S/C24H36O4/c1-14(12-21(26)22(27)28)18-6-7-19-17-5-4-15-13-16(25)8-10-23(15,2)20(17)9-11-24(18,19)3/h13-14,17-21,26H,4-12H2,1-3H3,(H,27,28). The maximum Gasteiger partial charge on any atom is 0.332 e. The van der Waals surface area contributed by atoms with Crippen LogP contribution in [0.25, 0.3) is 0 Å². The molecule has 0 amide bonds. The molecule has 28 heavy (non-hydrogen) atoms. The number of rotatable bonds is 4. The van der Waals surface area contributed by atoms with Gasteiger partial charge in [-0.2, -0.15) is 0 Å². The van der Waals surface area contributed by atoms with Gasteiger partial charge in [0.05, 0.1) is 0 Å². The fourth-order valence-electron chi connectivity index (χ4n) is 8.15. The summed E-state index contributed by atoms with van der Waals surface area (Å²) >= 11 is 0. The average Bonchev–Trinajstić information content (AvgIpc) is 2.99. The molecule has 0 bridgehead atoms. The molecule has 0 aromatic heterocycles. The first-order valence-electron chi connectivity index (χ1n) is 11.3. The molecule has 0 saturated heterocycles. The van der Waals surface area contributed by atoms with Crippen molar-refractivity contribution < 1.29 is 19.8 Å². The summed E-state index contributed by atoms with van der Waals surface area (Å²) in [6.45, 7) is 7.02. The summed E-state index contributed by atoms with van der Waals surface area (Å²) in [5.74, 6) is 2.09. The fourth-order valence-corrected chi connectivity index (χ4v) is 8.15. The van der Waals surface area contributed by atoms with E-state index in [1.54, 1.807) is 0 Å². The van der Waals surface area contributed by atoms with Crippen LogP contribution in [0.2, 0.25) is 0 Å². The molecule has 0 heterocycles. The number of ketones is 1. The van der Waals surface area contributed by atoms with Crippen molar-refractivity contribution >= 4 is 11.8 Å². The van der Waals surface area contributed by atoms with Crippen molar-refractivity contribution in [2.75, 3.05) is 0 Å². The van der Waals surface area contributed by atoms with Crippen molar-refractivity contribution in [2.24, 2.45) is 40.4 Å². The summed E-state index contributed by atoms with van der Waals surface area (Å²) in [5.41, 5.74) is 1.89. The molecule has 4 aliphatic rings. The van der Waals surface area contributed by atoms with Crippen molar-refractivity contribution in [3.63, 3.8) is 0 Å². The summed E-state index contributed by atoms with van der Waals surface area (Å²) in [7, 11) is 0. The Hall–Kier alpha value is -1.16. The van der Waals surface area contributed by atoms with Gasteiger partial charge in [0.1, 0.15) is 0 Å². The molecule has 3 fully saturated rings. The number of aliphatic carboxylic acids is 1. The molecule has 156 valence electrons. The van der Waals surface area contributed by atoms with E-state index in [-0.39, 0.29) is 16.7 Å². The Morgan fingerprint density at radius 2 is 1.89 bits per heavy atom. The molecule has 4 heteroatoms. The molecule has 8 unspecified atom stereocenters. The molecule has 0 spiro atoms. The molecule has 4 nitrogen and oxygen atoms in total. The van der Waals surface area contributed by atoms with Crippen LogP contribution in [-0.4, -0.2) is 28.1 Å². The van der Waals surface area contributed by atoms with Crippen LogP contribution < -0.4 is 0 Å². The zero-order valence-electron chi connectivity index (χ0n) is 17.6. The predicted octanol–water partition coefficient (Wildman–Crippen LogP) is 4.61. The van der Waals surface area contributed by atoms with Crippen LogP contribution in [0.3, 0.4) is 0 Å². The quantitative estimate of drug-likeness (QED) is 0.738. The molecule has 2 N–H and O–H groups in total. The Morgan fingerprint density at radius 3 is 2.61 bits per heavy atom. The van der Waals surface area contributed by atoms with Gasteiger partial charge in [0, 0.05) is 6.42 Å². The van der Waals surface area contributed by atoms with Gasteiger partial charge in [-0.1, -0.05) is 26.3 Å². The smallest absolute Gasteiger partial charge is 0.332 e. The van der Waals surface area contributed by atoms with E-state index in [0.29, 0.717) is 36.4 Å². The van der Waals surface area contributed by atoms with Gasteiger partial charge < -0.3 is 10.2 Å². The van der Waals surface area contributed by atoms with E-state index in [0.717, 1.165) is 25.2 Å². The minimum atomic E-state index is -1.24. The minimum Gasteiger partial charge on any atom is -0.479 e. The van der Waals surface area contributed by atoms with Gasteiger partial charge in [-0.05, 0) is 97.9 Å². The third kappa shape index (κ3) is 2.98.